The molecule has 0 saturated heterocycles. The van der Waals surface area contributed by atoms with Crippen LogP contribution in [0, 0.1) is 0 Å². The Kier molecular flexibility index (Phi) is 8.44. The van der Waals surface area contributed by atoms with Crippen molar-refractivity contribution in [3.05, 3.63) is 96.1 Å². The van der Waals surface area contributed by atoms with Gasteiger partial charge < -0.3 is 25.6 Å². The van der Waals surface area contributed by atoms with Gasteiger partial charge in [0.2, 0.25) is 5.91 Å². The van der Waals surface area contributed by atoms with Crippen molar-refractivity contribution >= 4 is 29.3 Å². The van der Waals surface area contributed by atoms with E-state index in [1.165, 1.54) is 31.4 Å². The maximum absolute atomic E-state index is 12.4. The van der Waals surface area contributed by atoms with Crippen LogP contribution in [0.2, 0.25) is 0 Å². The smallest absolute Gasteiger partial charge is 0.414 e. The van der Waals surface area contributed by atoms with Gasteiger partial charge in [-0.1, -0.05) is 42.5 Å². The summed E-state index contributed by atoms with van der Waals surface area (Å²) in [7, 11) is 1.41. The molecule has 0 unspecified atom stereocenters. The van der Waals surface area contributed by atoms with E-state index in [2.05, 4.69) is 10.6 Å². The number of hydrogen-bond acceptors (Lipinski definition) is 7. The van der Waals surface area contributed by atoms with Crippen molar-refractivity contribution in [2.75, 3.05) is 18.2 Å². The molecule has 0 aliphatic carbocycles. The molecule has 0 radical (unpaired) electrons. The summed E-state index contributed by atoms with van der Waals surface area (Å²) < 4.78 is 10.5. The Morgan fingerprint density at radius 2 is 1.74 bits per heavy atom. The van der Waals surface area contributed by atoms with Crippen LogP contribution in [0.5, 0.6) is 11.5 Å². The van der Waals surface area contributed by atoms with Crippen LogP contribution in [-0.2, 0) is 9.53 Å². The van der Waals surface area contributed by atoms with Crippen molar-refractivity contribution in [2.45, 2.75) is 12.5 Å². The molecule has 0 saturated carbocycles. The molecular formula is C26H25N3O6. The zero-order valence-electron chi connectivity index (χ0n) is 18.9. The first kappa shape index (κ1) is 24.8. The first-order chi connectivity index (χ1) is 16.9. The molecule has 9 nitrogen and oxygen atoms in total. The van der Waals surface area contributed by atoms with Crippen LogP contribution < -0.4 is 21.1 Å². The van der Waals surface area contributed by atoms with E-state index in [1.807, 2.05) is 0 Å². The lowest BCUT2D eigenvalue weighted by atomic mass is 10.1. The van der Waals surface area contributed by atoms with E-state index in [0.29, 0.717) is 22.5 Å². The number of aromatic hydroxyl groups is 1. The maximum atomic E-state index is 12.4. The van der Waals surface area contributed by atoms with E-state index in [4.69, 9.17) is 15.2 Å². The van der Waals surface area contributed by atoms with Crippen LogP contribution in [0.15, 0.2) is 84.9 Å². The molecule has 3 rings (SSSR count). The summed E-state index contributed by atoms with van der Waals surface area (Å²) in [6.07, 6.45) is 0.970. The predicted octanol–water partition coefficient (Wildman–Crippen LogP) is 4.18. The molecule has 35 heavy (non-hydrogen) atoms. The van der Waals surface area contributed by atoms with Crippen molar-refractivity contribution in [2.24, 2.45) is 0 Å². The standard InChI is InChI=1S/C26H25N3O6/c1-34-23-15-14-18(16-21(23)30)22(35-26(33)29-25(32)17-8-3-2-4-9-17)12-7-13-24(31)28-20-11-6-5-10-19(20)27/h2-11,13-16,22,30H,12,27H2,1H3,(H,28,31)(H,29,32,33)/b13-7+/t22-/m0/s1. The van der Waals surface area contributed by atoms with Crippen LogP contribution >= 0.6 is 0 Å². The van der Waals surface area contributed by atoms with E-state index in [1.54, 1.807) is 60.7 Å². The van der Waals surface area contributed by atoms with Crippen molar-refractivity contribution in [3.63, 3.8) is 0 Å². The number of rotatable bonds is 8. The average molecular weight is 476 g/mol. The fourth-order valence-corrected chi connectivity index (χ4v) is 3.16. The Morgan fingerprint density at radius 3 is 2.43 bits per heavy atom. The number of nitrogen functional groups attached to an aromatic ring is 1. The second-order valence-corrected chi connectivity index (χ2v) is 7.36. The van der Waals surface area contributed by atoms with E-state index < -0.39 is 24.0 Å². The van der Waals surface area contributed by atoms with E-state index >= 15 is 0 Å². The van der Waals surface area contributed by atoms with Crippen LogP contribution in [-0.4, -0.2) is 30.1 Å². The number of amides is 3. The van der Waals surface area contributed by atoms with Crippen LogP contribution in [0.4, 0.5) is 16.2 Å². The van der Waals surface area contributed by atoms with E-state index in [-0.39, 0.29) is 17.9 Å². The number of nitrogens with one attached hydrogen (secondary N) is 2. The number of para-hydroxylation sites is 2. The number of alkyl carbamates (subject to hydrolysis) is 1. The second-order valence-electron chi connectivity index (χ2n) is 7.36. The number of hydrogen-bond donors (Lipinski definition) is 4. The topological polar surface area (TPSA) is 140 Å². The molecule has 0 heterocycles. The van der Waals surface area contributed by atoms with Gasteiger partial charge >= 0.3 is 6.09 Å². The van der Waals surface area contributed by atoms with Crippen LogP contribution in [0.25, 0.3) is 0 Å². The number of nitrogens with two attached hydrogens (primary N) is 1. The van der Waals surface area contributed by atoms with Gasteiger partial charge in [0.15, 0.2) is 11.5 Å². The SMILES string of the molecule is COc1ccc([C@H](C/C=C/C(=O)Nc2ccccc2N)OC(=O)NC(=O)c2ccccc2)cc1O. The van der Waals surface area contributed by atoms with Crippen LogP contribution in [0.3, 0.4) is 0 Å². The monoisotopic (exact) mass is 475 g/mol. The molecule has 180 valence electrons. The van der Waals surface area contributed by atoms with Gasteiger partial charge in [-0.25, -0.2) is 4.79 Å². The highest BCUT2D eigenvalue weighted by atomic mass is 16.6. The fraction of sp³-hybridized carbons (Fsp3) is 0.115. The summed E-state index contributed by atoms with van der Waals surface area (Å²) in [4.78, 5) is 37.0. The Labute approximate surface area is 202 Å². The third kappa shape index (κ3) is 7.10. The lowest BCUT2D eigenvalue weighted by molar-refractivity contribution is -0.111. The number of benzene rings is 3. The maximum Gasteiger partial charge on any atom is 0.414 e. The highest BCUT2D eigenvalue weighted by Gasteiger charge is 2.20. The van der Waals surface area contributed by atoms with Gasteiger partial charge in [0.1, 0.15) is 6.10 Å². The molecule has 5 N–H and O–H groups in total. The number of anilines is 2. The van der Waals surface area contributed by atoms with E-state index in [0.717, 1.165) is 0 Å². The first-order valence-corrected chi connectivity index (χ1v) is 10.6. The van der Waals surface area contributed by atoms with E-state index in [9.17, 15) is 19.5 Å². The van der Waals surface area contributed by atoms with Gasteiger partial charge in [-0.3, -0.25) is 14.9 Å². The summed E-state index contributed by atoms with van der Waals surface area (Å²) in [5, 5.41) is 15.0. The molecule has 0 fully saturated rings. The Bertz CT molecular complexity index is 1230. The van der Waals surface area contributed by atoms with Crippen LogP contribution in [0.1, 0.15) is 28.4 Å². The highest BCUT2D eigenvalue weighted by Crippen LogP contribution is 2.31. The number of methoxy groups -OCH3 is 1. The molecule has 0 aliphatic heterocycles. The molecule has 0 aromatic heterocycles. The van der Waals surface area contributed by atoms with Crippen molar-refractivity contribution in [3.8, 4) is 11.5 Å². The van der Waals surface area contributed by atoms with Gasteiger partial charge in [-0.15, -0.1) is 0 Å². The molecule has 0 spiro atoms. The lowest BCUT2D eigenvalue weighted by Gasteiger charge is -2.18. The fourth-order valence-electron chi connectivity index (χ4n) is 3.16. The zero-order valence-corrected chi connectivity index (χ0v) is 18.9. The van der Waals surface area contributed by atoms with Crippen molar-refractivity contribution in [1.82, 2.24) is 5.32 Å². The number of carbonyl (C=O) groups is 3. The zero-order chi connectivity index (χ0) is 25.2. The molecule has 0 aliphatic rings. The normalized spacial score (nSPS) is 11.5. The Morgan fingerprint density at radius 1 is 1.03 bits per heavy atom. The predicted molar refractivity (Wildman–Crippen MR) is 131 cm³/mol. The molecule has 0 bridgehead atoms. The molecule has 3 aromatic rings. The second kappa shape index (κ2) is 11.9. The molecule has 3 aromatic carbocycles. The molecule has 3 amide bonds. The Hall–Kier alpha value is -4.79. The number of phenols is 1. The van der Waals surface area contributed by atoms with Gasteiger partial charge in [-0.2, -0.15) is 0 Å². The third-order valence-corrected chi connectivity index (χ3v) is 4.91. The number of carbonyl (C=O) groups excluding carboxylic acids is 3. The largest absolute Gasteiger partial charge is 0.504 e. The van der Waals surface area contributed by atoms with Gasteiger partial charge in [0.05, 0.1) is 18.5 Å². The average Bonchev–Trinajstić information content (AvgIpc) is 2.85. The van der Waals surface area contributed by atoms with Gasteiger partial charge in [-0.05, 0) is 48.0 Å². The minimum absolute atomic E-state index is 0.0798. The quantitative estimate of drug-likeness (QED) is 0.283. The van der Waals surface area contributed by atoms with Gasteiger partial charge in [0.25, 0.3) is 5.91 Å². The summed E-state index contributed by atoms with van der Waals surface area (Å²) in [5.41, 5.74) is 7.44. The summed E-state index contributed by atoms with van der Waals surface area (Å²) in [5.74, 6) is -0.961. The summed E-state index contributed by atoms with van der Waals surface area (Å²) in [6.45, 7) is 0. The molecular weight excluding hydrogens is 450 g/mol. The number of imide groups is 1. The number of phenolic OH excluding ortho intramolecular Hbond substituents is 1. The third-order valence-electron chi connectivity index (χ3n) is 4.91. The Balaban J connectivity index is 1.71. The number of ether oxygens (including phenoxy) is 2. The highest BCUT2D eigenvalue weighted by molar-refractivity contribution is 6.03. The minimum Gasteiger partial charge on any atom is -0.504 e. The minimum atomic E-state index is -0.978. The molecule has 9 heteroatoms. The summed E-state index contributed by atoms with van der Waals surface area (Å²) >= 11 is 0. The van der Waals surface area contributed by atoms with Crippen molar-refractivity contribution in [1.29, 1.82) is 0 Å². The van der Waals surface area contributed by atoms with Crippen molar-refractivity contribution < 1.29 is 29.0 Å². The summed E-state index contributed by atoms with van der Waals surface area (Å²) in [6, 6.07) is 19.5. The van der Waals surface area contributed by atoms with Gasteiger partial charge in [0, 0.05) is 12.0 Å². The molecule has 1 atom stereocenters. The lowest BCUT2D eigenvalue weighted by Crippen LogP contribution is -2.32. The first-order valence-electron chi connectivity index (χ1n) is 10.6.